The summed E-state index contributed by atoms with van der Waals surface area (Å²) in [6.07, 6.45) is 2.88. The van der Waals surface area contributed by atoms with Gasteiger partial charge in [0.25, 0.3) is 0 Å². The first-order valence-corrected chi connectivity index (χ1v) is 17.9. The molecule has 2 aromatic carbocycles. The molecule has 48 heavy (non-hydrogen) atoms. The second-order valence-electron chi connectivity index (χ2n) is 19.1. The van der Waals surface area contributed by atoms with E-state index in [1.54, 1.807) is 0 Å². The van der Waals surface area contributed by atoms with Crippen LogP contribution in [-0.4, -0.2) is 28.2 Å². The zero-order chi connectivity index (χ0) is 37.4. The summed E-state index contributed by atoms with van der Waals surface area (Å²) in [6, 6.07) is 7.84. The lowest BCUT2D eigenvalue weighted by molar-refractivity contribution is -0.129. The zero-order valence-corrected chi connectivity index (χ0v) is 33.4. The third kappa shape index (κ3) is 9.36. The van der Waals surface area contributed by atoms with Crippen LogP contribution in [-0.2, 0) is 42.1 Å². The van der Waals surface area contributed by atoms with E-state index in [9.17, 15) is 19.8 Å². The number of hydrogen-bond acceptors (Lipinski definition) is 4. The lowest BCUT2D eigenvalue weighted by Gasteiger charge is -2.35. The van der Waals surface area contributed by atoms with Crippen molar-refractivity contribution in [3.05, 3.63) is 57.6 Å². The molecule has 0 radical (unpaired) electrons. The number of phenolic OH excluding ortho intramolecular Hbond substituents is 2. The summed E-state index contributed by atoms with van der Waals surface area (Å²) in [5, 5.41) is 29.0. The molecule has 0 saturated carbocycles. The second-order valence-corrected chi connectivity index (χ2v) is 19.1. The Labute approximate surface area is 292 Å². The Balaban J connectivity index is 2.57. The van der Waals surface area contributed by atoms with Crippen molar-refractivity contribution in [1.29, 1.82) is 0 Å². The van der Waals surface area contributed by atoms with Crippen molar-refractivity contribution < 1.29 is 19.8 Å². The van der Waals surface area contributed by atoms with Crippen LogP contribution in [0.15, 0.2) is 24.3 Å². The Kier molecular flexibility index (Phi) is 12.1. The molecule has 0 aromatic heterocycles. The highest BCUT2D eigenvalue weighted by Crippen LogP contribution is 2.44. The number of benzene rings is 2. The molecule has 0 aliphatic carbocycles. The van der Waals surface area contributed by atoms with Crippen LogP contribution in [0.25, 0.3) is 0 Å². The molecule has 0 atom stereocenters. The number of carbonyl (C=O) groups excluding carboxylic acids is 2. The first kappa shape index (κ1) is 41.2. The molecule has 2 amide bonds. The van der Waals surface area contributed by atoms with E-state index in [4.69, 9.17) is 0 Å². The SMILES string of the molecule is CCCCCC(NC(=O)C(C)(C)c1cc(C(C)(C)C)c(O)c(C(C)(C)C)c1)NC(=O)C(C)(C)c1cc(C(C)(C)C)c(O)c(C(C)(C)C)c1. The van der Waals surface area contributed by atoms with Crippen LogP contribution in [0, 0.1) is 0 Å². The topological polar surface area (TPSA) is 98.7 Å². The molecule has 270 valence electrons. The van der Waals surface area contributed by atoms with Crippen LogP contribution >= 0.6 is 0 Å². The van der Waals surface area contributed by atoms with Gasteiger partial charge < -0.3 is 20.8 Å². The predicted molar refractivity (Wildman–Crippen MR) is 201 cm³/mol. The fraction of sp³-hybridized carbons (Fsp3) is 0.667. The Morgan fingerprint density at radius 1 is 0.542 bits per heavy atom. The van der Waals surface area contributed by atoms with Gasteiger partial charge in [0, 0.05) is 0 Å². The van der Waals surface area contributed by atoms with Gasteiger partial charge in [-0.15, -0.1) is 0 Å². The molecular formula is C42H68N2O4. The van der Waals surface area contributed by atoms with E-state index in [1.807, 2.05) is 52.0 Å². The van der Waals surface area contributed by atoms with Gasteiger partial charge in [-0.1, -0.05) is 127 Å². The largest absolute Gasteiger partial charge is 0.507 e. The van der Waals surface area contributed by atoms with Gasteiger partial charge in [-0.25, -0.2) is 0 Å². The summed E-state index contributed by atoms with van der Waals surface area (Å²) in [7, 11) is 0. The van der Waals surface area contributed by atoms with Crippen molar-refractivity contribution in [3.8, 4) is 11.5 Å². The molecule has 6 nitrogen and oxygen atoms in total. The van der Waals surface area contributed by atoms with E-state index < -0.39 is 17.0 Å². The number of aromatic hydroxyl groups is 2. The van der Waals surface area contributed by atoms with Crippen molar-refractivity contribution in [2.45, 2.75) is 182 Å². The summed E-state index contributed by atoms with van der Waals surface area (Å²) in [5.74, 6) is 0.171. The van der Waals surface area contributed by atoms with Gasteiger partial charge in [-0.2, -0.15) is 0 Å². The summed E-state index contributed by atoms with van der Waals surface area (Å²) in [6.45, 7) is 34.5. The van der Waals surface area contributed by atoms with Crippen molar-refractivity contribution in [2.24, 2.45) is 0 Å². The van der Waals surface area contributed by atoms with Gasteiger partial charge in [0.05, 0.1) is 10.8 Å². The summed E-state index contributed by atoms with van der Waals surface area (Å²) >= 11 is 0. The highest BCUT2D eigenvalue weighted by molar-refractivity contribution is 5.90. The smallest absolute Gasteiger partial charge is 0.231 e. The number of nitrogens with one attached hydrogen (secondary N) is 2. The minimum atomic E-state index is -0.947. The molecule has 6 heteroatoms. The van der Waals surface area contributed by atoms with Crippen LogP contribution < -0.4 is 10.6 Å². The highest BCUT2D eigenvalue weighted by atomic mass is 16.3. The first-order chi connectivity index (χ1) is 21.5. The third-order valence-electron chi connectivity index (χ3n) is 9.74. The lowest BCUT2D eigenvalue weighted by atomic mass is 9.73. The monoisotopic (exact) mass is 665 g/mol. The quantitative estimate of drug-likeness (QED) is 0.150. The summed E-state index contributed by atoms with van der Waals surface area (Å²) in [5.41, 5.74) is 1.64. The van der Waals surface area contributed by atoms with Gasteiger partial charge in [-0.3, -0.25) is 9.59 Å². The number of carbonyl (C=O) groups is 2. The van der Waals surface area contributed by atoms with Crippen molar-refractivity contribution in [2.75, 3.05) is 0 Å². The Hall–Kier alpha value is -3.02. The maximum absolute atomic E-state index is 14.2. The molecule has 0 unspecified atom stereocenters. The molecule has 0 fully saturated rings. The van der Waals surface area contributed by atoms with E-state index in [0.717, 1.165) is 52.6 Å². The predicted octanol–water partition coefficient (Wildman–Crippen LogP) is 9.68. The Morgan fingerprint density at radius 2 is 0.812 bits per heavy atom. The minimum absolute atomic E-state index is 0.192. The first-order valence-electron chi connectivity index (χ1n) is 17.9. The van der Waals surface area contributed by atoms with Crippen LogP contribution in [0.3, 0.4) is 0 Å². The van der Waals surface area contributed by atoms with Gasteiger partial charge in [0.15, 0.2) is 0 Å². The van der Waals surface area contributed by atoms with Crippen molar-refractivity contribution >= 4 is 11.8 Å². The lowest BCUT2D eigenvalue weighted by Crippen LogP contribution is -2.55. The van der Waals surface area contributed by atoms with Crippen molar-refractivity contribution in [3.63, 3.8) is 0 Å². The molecule has 0 saturated heterocycles. The van der Waals surface area contributed by atoms with E-state index in [0.29, 0.717) is 6.42 Å². The number of unbranched alkanes of at least 4 members (excludes halogenated alkanes) is 2. The van der Waals surface area contributed by atoms with Gasteiger partial charge in [0.2, 0.25) is 11.8 Å². The van der Waals surface area contributed by atoms with Gasteiger partial charge >= 0.3 is 0 Å². The highest BCUT2D eigenvalue weighted by Gasteiger charge is 2.38. The van der Waals surface area contributed by atoms with Crippen LogP contribution in [0.1, 0.15) is 177 Å². The molecular weight excluding hydrogens is 596 g/mol. The molecule has 0 aliphatic rings. The maximum Gasteiger partial charge on any atom is 0.231 e. The maximum atomic E-state index is 14.2. The number of hydrogen-bond donors (Lipinski definition) is 4. The standard InChI is InChI=1S/C42H68N2O4/c1-18-19-20-21-32(43-35(47)41(14,15)26-22-28(37(2,3)4)33(45)29(23-26)38(5,6)7)44-36(48)42(16,17)27-24-30(39(8,9)10)34(46)31(25-27)40(11,12)13/h22-25,32,45-46H,18-21H2,1-17H3,(H,43,47)(H,44,48). The Bertz CT molecular complexity index is 1290. The van der Waals surface area contributed by atoms with Gasteiger partial charge in [-0.05, 0) is 95.6 Å². The number of rotatable bonds is 10. The average molecular weight is 665 g/mol. The second kappa shape index (κ2) is 14.1. The fourth-order valence-electron chi connectivity index (χ4n) is 6.00. The third-order valence-corrected chi connectivity index (χ3v) is 9.74. The zero-order valence-electron chi connectivity index (χ0n) is 33.4. The van der Waals surface area contributed by atoms with Crippen LogP contribution in [0.4, 0.5) is 0 Å². The van der Waals surface area contributed by atoms with E-state index in [2.05, 4.69) is 101 Å². The van der Waals surface area contributed by atoms with Crippen LogP contribution in [0.5, 0.6) is 11.5 Å². The van der Waals surface area contributed by atoms with Gasteiger partial charge in [0.1, 0.15) is 17.7 Å². The van der Waals surface area contributed by atoms with Crippen molar-refractivity contribution in [1.82, 2.24) is 10.6 Å². The molecule has 2 aromatic rings. The van der Waals surface area contributed by atoms with Crippen LogP contribution in [0.2, 0.25) is 0 Å². The normalized spacial score (nSPS) is 13.5. The fourth-order valence-corrected chi connectivity index (χ4v) is 6.00. The Morgan fingerprint density at radius 3 is 1.04 bits per heavy atom. The van der Waals surface area contributed by atoms with E-state index in [-0.39, 0.29) is 45.0 Å². The number of phenols is 2. The molecule has 4 N–H and O–H groups in total. The summed E-state index contributed by atoms with van der Waals surface area (Å²) in [4.78, 5) is 28.4. The molecule has 0 bridgehead atoms. The molecule has 0 spiro atoms. The molecule has 0 heterocycles. The van der Waals surface area contributed by atoms with E-state index in [1.165, 1.54) is 0 Å². The average Bonchev–Trinajstić information content (AvgIpc) is 2.90. The summed E-state index contributed by atoms with van der Waals surface area (Å²) < 4.78 is 0. The van der Waals surface area contributed by atoms with E-state index >= 15 is 0 Å². The molecule has 2 rings (SSSR count). The molecule has 0 aliphatic heterocycles. The minimum Gasteiger partial charge on any atom is -0.507 e. The number of amides is 2.